The van der Waals surface area contributed by atoms with Crippen molar-refractivity contribution in [3.63, 3.8) is 0 Å². The number of carbonyl (C=O) groups excluding carboxylic acids is 1. The molecule has 2 saturated heterocycles. The van der Waals surface area contributed by atoms with Crippen molar-refractivity contribution in [1.29, 1.82) is 0 Å². The number of β-lactam (4-membered cyclic amide) rings is 1. The predicted octanol–water partition coefficient (Wildman–Crippen LogP) is 2.71. The lowest BCUT2D eigenvalue weighted by molar-refractivity contribution is -0.122. The molecule has 3 rings (SSSR count). The minimum absolute atomic E-state index is 0.0357. The number of nitrogens with zero attached hydrogens (tertiary/aromatic N) is 1. The second kappa shape index (κ2) is 7.80. The third-order valence-electron chi connectivity index (χ3n) is 5.95. The van der Waals surface area contributed by atoms with Crippen molar-refractivity contribution in [2.45, 2.75) is 63.5 Å². The zero-order chi connectivity index (χ0) is 18.9. The van der Waals surface area contributed by atoms with Crippen LogP contribution in [0.15, 0.2) is 24.3 Å². The number of carbonyl (C=O) groups is 1. The summed E-state index contributed by atoms with van der Waals surface area (Å²) in [4.78, 5) is 24.0. The summed E-state index contributed by atoms with van der Waals surface area (Å²) < 4.78 is 6.24. The highest BCUT2D eigenvalue weighted by atomic mass is 28.4. The first kappa shape index (κ1) is 19.5. The summed E-state index contributed by atoms with van der Waals surface area (Å²) in [6, 6.07) is 8.22. The number of ether oxygens (including phenoxy) is 1. The quantitative estimate of drug-likeness (QED) is 0.566. The predicted molar refractivity (Wildman–Crippen MR) is 105 cm³/mol. The first-order valence-corrected chi connectivity index (χ1v) is 12.7. The van der Waals surface area contributed by atoms with Crippen LogP contribution in [0.3, 0.4) is 0 Å². The zero-order valence-corrected chi connectivity index (χ0v) is 17.0. The maximum atomic E-state index is 11.5. The maximum Gasteiger partial charge on any atom is 0.228 e. The molecule has 1 amide bonds. The van der Waals surface area contributed by atoms with E-state index in [-0.39, 0.29) is 30.3 Å². The van der Waals surface area contributed by atoms with Crippen molar-refractivity contribution in [2.75, 3.05) is 18.1 Å². The largest absolute Gasteiger partial charge is 0.432 e. The van der Waals surface area contributed by atoms with Gasteiger partial charge in [-0.3, -0.25) is 4.79 Å². The standard InChI is InChI=1S/C20H31NO4Si/c1-14-17(25-18(11-13-22)20(14)26(2,3)24)9-6-15-4-7-16(8-5-15)21-12-10-19(21)23/h4-5,7-8,14,17-18,20,22,24H,6,9-13H2,1-3H3/t14-,17+,18-,20+/m1/s1. The molecule has 26 heavy (non-hydrogen) atoms. The number of rotatable bonds is 7. The van der Waals surface area contributed by atoms with Gasteiger partial charge in [0.25, 0.3) is 0 Å². The van der Waals surface area contributed by atoms with E-state index in [1.807, 2.05) is 30.1 Å². The molecule has 1 aromatic carbocycles. The number of amides is 1. The van der Waals surface area contributed by atoms with Crippen LogP contribution in [0.2, 0.25) is 18.6 Å². The summed E-state index contributed by atoms with van der Waals surface area (Å²) in [5.41, 5.74) is 2.38. The van der Waals surface area contributed by atoms with Crippen molar-refractivity contribution in [2.24, 2.45) is 5.92 Å². The van der Waals surface area contributed by atoms with E-state index in [2.05, 4.69) is 19.1 Å². The van der Waals surface area contributed by atoms with Gasteiger partial charge in [0.15, 0.2) is 8.32 Å². The molecule has 2 heterocycles. The van der Waals surface area contributed by atoms with Crippen molar-refractivity contribution >= 4 is 19.9 Å². The number of hydrogen-bond donors (Lipinski definition) is 2. The van der Waals surface area contributed by atoms with E-state index in [0.717, 1.165) is 25.1 Å². The molecule has 0 spiro atoms. The fraction of sp³-hybridized carbons (Fsp3) is 0.650. The zero-order valence-electron chi connectivity index (χ0n) is 16.0. The number of benzene rings is 1. The van der Waals surface area contributed by atoms with Crippen LogP contribution in [-0.4, -0.2) is 49.5 Å². The van der Waals surface area contributed by atoms with Crippen molar-refractivity contribution in [3.05, 3.63) is 29.8 Å². The first-order valence-electron chi connectivity index (χ1n) is 9.69. The van der Waals surface area contributed by atoms with E-state index in [1.54, 1.807) is 0 Å². The highest BCUT2D eigenvalue weighted by Gasteiger charge is 2.49. The third-order valence-corrected chi connectivity index (χ3v) is 8.48. The van der Waals surface area contributed by atoms with Crippen LogP contribution in [0, 0.1) is 5.92 Å². The van der Waals surface area contributed by atoms with Crippen LogP contribution in [0.4, 0.5) is 5.69 Å². The van der Waals surface area contributed by atoms with E-state index in [4.69, 9.17) is 4.74 Å². The molecule has 4 atom stereocenters. The van der Waals surface area contributed by atoms with Crippen LogP contribution < -0.4 is 4.90 Å². The van der Waals surface area contributed by atoms with Gasteiger partial charge in [-0.25, -0.2) is 0 Å². The summed E-state index contributed by atoms with van der Waals surface area (Å²) in [5.74, 6) is 0.499. The lowest BCUT2D eigenvalue weighted by Gasteiger charge is -2.30. The molecule has 0 unspecified atom stereocenters. The van der Waals surface area contributed by atoms with Crippen LogP contribution in [0.5, 0.6) is 0 Å². The third kappa shape index (κ3) is 4.03. The molecule has 0 aromatic heterocycles. The average Bonchev–Trinajstić information content (AvgIpc) is 2.89. The Morgan fingerprint density at radius 3 is 2.38 bits per heavy atom. The van der Waals surface area contributed by atoms with Gasteiger partial charge in [-0.05, 0) is 56.0 Å². The van der Waals surface area contributed by atoms with Gasteiger partial charge >= 0.3 is 0 Å². The molecule has 144 valence electrons. The van der Waals surface area contributed by atoms with E-state index in [0.29, 0.717) is 18.8 Å². The number of aliphatic hydroxyl groups is 1. The molecule has 0 saturated carbocycles. The minimum atomic E-state index is -2.34. The Balaban J connectivity index is 1.59. The highest BCUT2D eigenvalue weighted by molar-refractivity contribution is 6.71. The Hall–Kier alpha value is -1.21. The summed E-state index contributed by atoms with van der Waals surface area (Å²) in [5, 5.41) is 9.33. The van der Waals surface area contributed by atoms with Gasteiger partial charge in [-0.15, -0.1) is 0 Å². The number of hydrogen-bond acceptors (Lipinski definition) is 4. The molecular formula is C20H31NO4Si. The Bertz CT molecular complexity index is 628. The molecule has 0 radical (unpaired) electrons. The van der Waals surface area contributed by atoms with E-state index >= 15 is 0 Å². The van der Waals surface area contributed by atoms with E-state index in [1.165, 1.54) is 5.56 Å². The van der Waals surface area contributed by atoms with Gasteiger partial charge < -0.3 is 19.5 Å². The number of aliphatic hydroxyl groups excluding tert-OH is 1. The van der Waals surface area contributed by atoms with Crippen LogP contribution in [-0.2, 0) is 16.0 Å². The molecule has 2 fully saturated rings. The molecular weight excluding hydrogens is 346 g/mol. The van der Waals surface area contributed by atoms with Gasteiger partial charge in [0, 0.05) is 30.8 Å². The van der Waals surface area contributed by atoms with Gasteiger partial charge in [0.05, 0.1) is 12.2 Å². The maximum absolute atomic E-state index is 11.5. The van der Waals surface area contributed by atoms with E-state index < -0.39 is 8.32 Å². The fourth-order valence-electron chi connectivity index (χ4n) is 4.55. The van der Waals surface area contributed by atoms with Crippen molar-refractivity contribution < 1.29 is 19.4 Å². The van der Waals surface area contributed by atoms with Gasteiger partial charge in [-0.2, -0.15) is 0 Å². The highest BCUT2D eigenvalue weighted by Crippen LogP contribution is 2.45. The lowest BCUT2D eigenvalue weighted by atomic mass is 9.95. The smallest absolute Gasteiger partial charge is 0.228 e. The Kier molecular flexibility index (Phi) is 5.87. The molecule has 5 nitrogen and oxygen atoms in total. The topological polar surface area (TPSA) is 70.0 Å². The van der Waals surface area contributed by atoms with Gasteiger partial charge in [-0.1, -0.05) is 19.1 Å². The summed E-state index contributed by atoms with van der Waals surface area (Å²) in [6.45, 7) is 7.04. The summed E-state index contributed by atoms with van der Waals surface area (Å²) in [6.07, 6.45) is 3.15. The number of aryl methyl sites for hydroxylation is 1. The summed E-state index contributed by atoms with van der Waals surface area (Å²) in [7, 11) is -2.34. The minimum Gasteiger partial charge on any atom is -0.432 e. The van der Waals surface area contributed by atoms with Crippen molar-refractivity contribution in [1.82, 2.24) is 0 Å². The van der Waals surface area contributed by atoms with E-state index in [9.17, 15) is 14.7 Å². The lowest BCUT2D eigenvalue weighted by Crippen LogP contribution is -2.43. The molecule has 2 aliphatic heterocycles. The second-order valence-corrected chi connectivity index (χ2v) is 12.2. The van der Waals surface area contributed by atoms with Crippen molar-refractivity contribution in [3.8, 4) is 0 Å². The molecule has 2 aliphatic rings. The fourth-order valence-corrected chi connectivity index (χ4v) is 7.20. The first-order chi connectivity index (χ1) is 12.3. The van der Waals surface area contributed by atoms with Crippen LogP contribution >= 0.6 is 0 Å². The molecule has 6 heteroatoms. The van der Waals surface area contributed by atoms with Crippen LogP contribution in [0.1, 0.15) is 31.7 Å². The van der Waals surface area contributed by atoms with Gasteiger partial charge in [0.1, 0.15) is 0 Å². The SMILES string of the molecule is C[C@H]1[C@H]([Si](C)(C)O)[C@@H](CCO)O[C@H]1CCc1ccc(N2CCC2=O)cc1. The summed E-state index contributed by atoms with van der Waals surface area (Å²) >= 11 is 0. The normalized spacial score (nSPS) is 29.1. The molecule has 2 N–H and O–H groups in total. The molecule has 0 aliphatic carbocycles. The second-order valence-electron chi connectivity index (χ2n) is 8.26. The molecule has 1 aromatic rings. The number of anilines is 1. The average molecular weight is 378 g/mol. The van der Waals surface area contributed by atoms with Crippen LogP contribution in [0.25, 0.3) is 0 Å². The Labute approximate surface area is 157 Å². The monoisotopic (exact) mass is 377 g/mol. The van der Waals surface area contributed by atoms with Gasteiger partial charge in [0.2, 0.25) is 5.91 Å². The Morgan fingerprint density at radius 1 is 1.19 bits per heavy atom. The Morgan fingerprint density at radius 2 is 1.88 bits per heavy atom. The molecule has 0 bridgehead atoms.